The molecule has 1 unspecified atom stereocenters. The van der Waals surface area contributed by atoms with Crippen LogP contribution in [0.1, 0.15) is 18.5 Å². The Balaban J connectivity index is 2.72. The second-order valence-corrected chi connectivity index (χ2v) is 5.76. The maximum Gasteiger partial charge on any atom is 0.406 e. The number of hydrogen-bond acceptors (Lipinski definition) is 4. The molecular formula is C17H25F3N4O3. The first-order valence-electron chi connectivity index (χ1n) is 8.11. The summed E-state index contributed by atoms with van der Waals surface area (Å²) in [6, 6.07) is 5.05. The summed E-state index contributed by atoms with van der Waals surface area (Å²) in [5, 5.41) is 5.77. The quantitative estimate of drug-likeness (QED) is 0.550. The lowest BCUT2D eigenvalue weighted by Crippen LogP contribution is -2.46. The molecule has 0 bridgehead atoms. The molecule has 0 heterocycles. The number of aliphatic imine (C=N–C) groups is 1. The minimum atomic E-state index is -4.44. The molecule has 10 heteroatoms. The van der Waals surface area contributed by atoms with Crippen molar-refractivity contribution in [3.8, 4) is 11.5 Å². The zero-order valence-electron chi connectivity index (χ0n) is 16.0. The van der Waals surface area contributed by atoms with Gasteiger partial charge in [-0.3, -0.25) is 9.79 Å². The number of guanidine groups is 1. The summed E-state index contributed by atoms with van der Waals surface area (Å²) in [7, 11) is 5.68. The summed E-state index contributed by atoms with van der Waals surface area (Å²) in [5.74, 6) is 0.835. The van der Waals surface area contributed by atoms with Crippen LogP contribution in [0, 0.1) is 0 Å². The van der Waals surface area contributed by atoms with Crippen molar-refractivity contribution in [2.75, 3.05) is 41.4 Å². The van der Waals surface area contributed by atoms with Crippen molar-refractivity contribution in [1.82, 2.24) is 15.5 Å². The van der Waals surface area contributed by atoms with Crippen LogP contribution < -0.4 is 20.1 Å². The van der Waals surface area contributed by atoms with E-state index in [2.05, 4.69) is 15.6 Å². The molecule has 1 amide bonds. The van der Waals surface area contributed by atoms with Crippen molar-refractivity contribution in [2.24, 2.45) is 4.99 Å². The van der Waals surface area contributed by atoms with Gasteiger partial charge in [0, 0.05) is 19.7 Å². The van der Waals surface area contributed by atoms with E-state index in [-0.39, 0.29) is 18.5 Å². The van der Waals surface area contributed by atoms with Crippen molar-refractivity contribution < 1.29 is 27.4 Å². The fourth-order valence-corrected chi connectivity index (χ4v) is 2.31. The van der Waals surface area contributed by atoms with Crippen LogP contribution in [0.5, 0.6) is 11.5 Å². The van der Waals surface area contributed by atoms with Crippen LogP contribution in [0.25, 0.3) is 0 Å². The van der Waals surface area contributed by atoms with E-state index in [0.29, 0.717) is 16.4 Å². The van der Waals surface area contributed by atoms with Crippen LogP contribution in [0.3, 0.4) is 0 Å². The van der Waals surface area contributed by atoms with Crippen LogP contribution in [-0.2, 0) is 4.79 Å². The lowest BCUT2D eigenvalue weighted by molar-refractivity contribution is -0.157. The SMILES string of the molecule is CN=C(NCC(=O)N(C)CC(F)(F)F)NC(C)c1cc(OC)ccc1OC. The van der Waals surface area contributed by atoms with Crippen LogP contribution in [0.15, 0.2) is 23.2 Å². The van der Waals surface area contributed by atoms with Crippen molar-refractivity contribution in [3.63, 3.8) is 0 Å². The summed E-state index contributed by atoms with van der Waals surface area (Å²) in [5.41, 5.74) is 0.792. The molecule has 0 fully saturated rings. The molecule has 0 aliphatic rings. The number of nitrogens with one attached hydrogen (secondary N) is 2. The average Bonchev–Trinajstić information content (AvgIpc) is 2.62. The number of ether oxygens (including phenoxy) is 2. The first kappa shape index (κ1) is 22.4. The number of carbonyl (C=O) groups excluding carboxylic acids is 1. The standard InChI is InChI=1S/C17H25F3N4O3/c1-11(13-8-12(26-4)6-7-14(13)27-5)23-16(21-2)22-9-15(25)24(3)10-17(18,19)20/h6-8,11H,9-10H2,1-5H3,(H2,21,22,23). The third-order valence-electron chi connectivity index (χ3n) is 3.73. The Bertz CT molecular complexity index is 665. The third kappa shape index (κ3) is 7.24. The first-order valence-corrected chi connectivity index (χ1v) is 8.11. The number of likely N-dealkylation sites (N-methyl/N-ethyl adjacent to an activating group) is 1. The molecule has 0 spiro atoms. The maximum atomic E-state index is 12.4. The van der Waals surface area contributed by atoms with E-state index in [1.54, 1.807) is 32.4 Å². The number of halogens is 3. The van der Waals surface area contributed by atoms with Gasteiger partial charge < -0.3 is 25.0 Å². The molecule has 1 aromatic rings. The van der Waals surface area contributed by atoms with Crippen LogP contribution in [0.2, 0.25) is 0 Å². The summed E-state index contributed by atoms with van der Waals surface area (Å²) in [6.07, 6.45) is -4.44. The normalized spacial score (nSPS) is 13.0. The highest BCUT2D eigenvalue weighted by molar-refractivity contribution is 5.86. The summed E-state index contributed by atoms with van der Waals surface area (Å²) < 4.78 is 47.6. The number of benzene rings is 1. The predicted molar refractivity (Wildman–Crippen MR) is 96.2 cm³/mol. The highest BCUT2D eigenvalue weighted by atomic mass is 19.4. The highest BCUT2D eigenvalue weighted by Gasteiger charge is 2.31. The lowest BCUT2D eigenvalue weighted by Gasteiger charge is -2.22. The molecule has 1 atom stereocenters. The number of alkyl halides is 3. The fourth-order valence-electron chi connectivity index (χ4n) is 2.31. The molecule has 7 nitrogen and oxygen atoms in total. The van der Waals surface area contributed by atoms with Gasteiger partial charge >= 0.3 is 6.18 Å². The molecule has 0 aromatic heterocycles. The largest absolute Gasteiger partial charge is 0.497 e. The second-order valence-electron chi connectivity index (χ2n) is 5.76. The van der Waals surface area contributed by atoms with Crippen molar-refractivity contribution in [3.05, 3.63) is 23.8 Å². The van der Waals surface area contributed by atoms with Crippen molar-refractivity contribution >= 4 is 11.9 Å². The molecule has 152 valence electrons. The Morgan fingerprint density at radius 2 is 1.96 bits per heavy atom. The predicted octanol–water partition coefficient (Wildman–Crippen LogP) is 1.95. The van der Waals surface area contributed by atoms with Gasteiger partial charge in [0.25, 0.3) is 0 Å². The summed E-state index contributed by atoms with van der Waals surface area (Å²) >= 11 is 0. The number of hydrogen-bond donors (Lipinski definition) is 2. The van der Waals surface area contributed by atoms with Crippen molar-refractivity contribution in [1.29, 1.82) is 0 Å². The zero-order chi connectivity index (χ0) is 20.6. The number of rotatable bonds is 7. The van der Waals surface area contributed by atoms with Crippen molar-refractivity contribution in [2.45, 2.75) is 19.1 Å². The van der Waals surface area contributed by atoms with E-state index in [1.807, 2.05) is 6.92 Å². The van der Waals surface area contributed by atoms with Gasteiger partial charge in [-0.05, 0) is 25.1 Å². The Morgan fingerprint density at radius 1 is 1.30 bits per heavy atom. The molecule has 0 saturated carbocycles. The Kier molecular flexibility index (Phi) is 8.20. The van der Waals surface area contributed by atoms with Gasteiger partial charge in [0.05, 0.1) is 26.8 Å². The molecule has 1 rings (SSSR count). The Labute approximate surface area is 156 Å². The van der Waals surface area contributed by atoms with Crippen LogP contribution >= 0.6 is 0 Å². The van der Waals surface area contributed by atoms with Crippen LogP contribution in [0.4, 0.5) is 13.2 Å². The van der Waals surface area contributed by atoms with Gasteiger partial charge in [-0.2, -0.15) is 13.2 Å². The lowest BCUT2D eigenvalue weighted by atomic mass is 10.1. The number of methoxy groups -OCH3 is 2. The average molecular weight is 390 g/mol. The molecule has 0 aliphatic carbocycles. The molecule has 0 aliphatic heterocycles. The van der Waals surface area contributed by atoms with Gasteiger partial charge in [-0.25, -0.2) is 0 Å². The third-order valence-corrected chi connectivity index (χ3v) is 3.73. The molecule has 2 N–H and O–H groups in total. The molecule has 0 saturated heterocycles. The van der Waals surface area contributed by atoms with Gasteiger partial charge in [-0.1, -0.05) is 0 Å². The second kappa shape index (κ2) is 9.89. The van der Waals surface area contributed by atoms with Gasteiger partial charge in [0.2, 0.25) is 5.91 Å². The minimum absolute atomic E-state index is 0.265. The Hall–Kier alpha value is -2.65. The molecular weight excluding hydrogens is 365 g/mol. The highest BCUT2D eigenvalue weighted by Crippen LogP contribution is 2.29. The Morgan fingerprint density at radius 3 is 2.48 bits per heavy atom. The molecule has 0 radical (unpaired) electrons. The summed E-state index contributed by atoms with van der Waals surface area (Å²) in [4.78, 5) is 16.4. The number of amides is 1. The van der Waals surface area contributed by atoms with E-state index in [1.165, 1.54) is 7.05 Å². The van der Waals surface area contributed by atoms with E-state index < -0.39 is 18.6 Å². The maximum absolute atomic E-state index is 12.4. The van der Waals surface area contributed by atoms with E-state index in [4.69, 9.17) is 9.47 Å². The van der Waals surface area contributed by atoms with E-state index in [9.17, 15) is 18.0 Å². The number of carbonyl (C=O) groups is 1. The molecule has 1 aromatic carbocycles. The van der Waals surface area contributed by atoms with Gasteiger partial charge in [0.1, 0.15) is 18.0 Å². The van der Waals surface area contributed by atoms with Crippen LogP contribution in [-0.4, -0.2) is 64.3 Å². The summed E-state index contributed by atoms with van der Waals surface area (Å²) in [6.45, 7) is 0.215. The minimum Gasteiger partial charge on any atom is -0.497 e. The fraction of sp³-hybridized carbons (Fsp3) is 0.529. The van der Waals surface area contributed by atoms with E-state index >= 15 is 0 Å². The zero-order valence-corrected chi connectivity index (χ0v) is 16.0. The van der Waals surface area contributed by atoms with Gasteiger partial charge in [-0.15, -0.1) is 0 Å². The van der Waals surface area contributed by atoms with E-state index in [0.717, 1.165) is 12.6 Å². The monoisotopic (exact) mass is 390 g/mol. The molecule has 27 heavy (non-hydrogen) atoms. The smallest absolute Gasteiger partial charge is 0.406 e. The number of nitrogens with zero attached hydrogens (tertiary/aromatic N) is 2. The van der Waals surface area contributed by atoms with Gasteiger partial charge in [0.15, 0.2) is 5.96 Å². The topological polar surface area (TPSA) is 75.2 Å². The first-order chi connectivity index (χ1) is 12.6.